The molecular weight excluding hydrogens is 520 g/mol. The van der Waals surface area contributed by atoms with E-state index < -0.39 is 0 Å². The summed E-state index contributed by atoms with van der Waals surface area (Å²) in [5.41, 5.74) is 7.54. The number of ether oxygens (including phenoxy) is 2. The number of hydrogen-bond acceptors (Lipinski definition) is 6. The van der Waals surface area contributed by atoms with Crippen LogP contribution < -0.4 is 26.0 Å². The van der Waals surface area contributed by atoms with E-state index in [0.717, 1.165) is 52.0 Å². The number of rotatable bonds is 8. The van der Waals surface area contributed by atoms with Crippen LogP contribution in [0.4, 0.5) is 5.69 Å². The molecule has 0 saturated heterocycles. The first-order chi connectivity index (χ1) is 19.8. The van der Waals surface area contributed by atoms with Crippen LogP contribution in [0.15, 0.2) is 52.6 Å². The van der Waals surface area contributed by atoms with E-state index in [4.69, 9.17) is 14.5 Å². The molecule has 1 aliphatic heterocycles. The number of H-pyrrole nitrogens is 1. The van der Waals surface area contributed by atoms with Crippen molar-refractivity contribution in [2.45, 2.75) is 53.6 Å². The topological polar surface area (TPSA) is 116 Å². The van der Waals surface area contributed by atoms with Crippen molar-refractivity contribution in [3.63, 3.8) is 0 Å². The van der Waals surface area contributed by atoms with Gasteiger partial charge in [-0.15, -0.1) is 0 Å². The molecule has 0 radical (unpaired) electrons. The van der Waals surface area contributed by atoms with E-state index >= 15 is 0 Å². The van der Waals surface area contributed by atoms with Gasteiger partial charge in [-0.1, -0.05) is 17.7 Å². The Balaban J connectivity index is 1.67. The predicted molar refractivity (Wildman–Crippen MR) is 157 cm³/mol. The molecule has 0 spiro atoms. The van der Waals surface area contributed by atoms with Crippen molar-refractivity contribution in [3.8, 4) is 22.8 Å². The van der Waals surface area contributed by atoms with Crippen LogP contribution in [0.3, 0.4) is 0 Å². The minimum atomic E-state index is -0.284. The average Bonchev–Trinajstić information content (AvgIpc) is 3.42. The Morgan fingerprint density at radius 3 is 2.59 bits per heavy atom. The van der Waals surface area contributed by atoms with Crippen LogP contribution in [0.25, 0.3) is 11.3 Å². The smallest absolute Gasteiger partial charge is 0.330 e. The van der Waals surface area contributed by atoms with Crippen LogP contribution in [0.2, 0.25) is 0 Å². The van der Waals surface area contributed by atoms with Crippen LogP contribution in [-0.4, -0.2) is 45.3 Å². The number of carbonyl (C=O) groups is 1. The van der Waals surface area contributed by atoms with Gasteiger partial charge in [0.15, 0.2) is 11.5 Å². The number of hydrogen-bond donors (Lipinski definition) is 2. The number of imidazole rings is 1. The van der Waals surface area contributed by atoms with E-state index in [1.165, 1.54) is 12.5 Å². The van der Waals surface area contributed by atoms with E-state index in [1.807, 2.05) is 39.0 Å². The highest BCUT2D eigenvalue weighted by Crippen LogP contribution is 2.37. The summed E-state index contributed by atoms with van der Waals surface area (Å²) < 4.78 is 14.9. The summed E-state index contributed by atoms with van der Waals surface area (Å²) in [5, 5.41) is 2.87. The molecular formula is C31H36N6O4. The molecule has 2 N–H and O–H groups in total. The summed E-state index contributed by atoms with van der Waals surface area (Å²) in [7, 11) is 1.62. The highest BCUT2D eigenvalue weighted by molar-refractivity contribution is 5.91. The van der Waals surface area contributed by atoms with Gasteiger partial charge < -0.3 is 19.8 Å². The number of benzene rings is 2. The fraction of sp³-hybridized carbons (Fsp3) is 0.355. The standard InChI is InChI=1S/C31H36N6O4/c1-6-41-27-14-22-8-7-10-36-25(23(22)15-26(27)40-5)16-28(35-29-20(3)12-19(2)13-21(29)4)37(31(36)39)11-9-33-30(38)24-17-32-18-34-24/h12-18H,6-11H2,1-5H3,(H,32,34)(H,33,38). The quantitative estimate of drug-likeness (QED) is 0.341. The van der Waals surface area contributed by atoms with Gasteiger partial charge in [-0.3, -0.25) is 13.9 Å². The summed E-state index contributed by atoms with van der Waals surface area (Å²) in [6.07, 6.45) is 4.51. The first-order valence-electron chi connectivity index (χ1n) is 13.9. The number of carbonyl (C=O) groups excluding carboxylic acids is 1. The Hall–Kier alpha value is -4.60. The summed E-state index contributed by atoms with van der Waals surface area (Å²) in [6, 6.07) is 10.1. The number of fused-ring (bicyclic) bond motifs is 3. The van der Waals surface area contributed by atoms with Gasteiger partial charge >= 0.3 is 5.69 Å². The zero-order valence-corrected chi connectivity index (χ0v) is 24.2. The number of methoxy groups -OCH3 is 1. The number of aromatic nitrogens is 4. The van der Waals surface area contributed by atoms with Gasteiger partial charge in [0.2, 0.25) is 0 Å². The second-order valence-electron chi connectivity index (χ2n) is 10.3. The van der Waals surface area contributed by atoms with Gasteiger partial charge in [0.1, 0.15) is 11.2 Å². The van der Waals surface area contributed by atoms with Gasteiger partial charge in [-0.2, -0.15) is 0 Å². The molecule has 5 rings (SSSR count). The summed E-state index contributed by atoms with van der Waals surface area (Å²) >= 11 is 0. The predicted octanol–water partition coefficient (Wildman–Crippen LogP) is 3.98. The third kappa shape index (κ3) is 5.68. The third-order valence-corrected chi connectivity index (χ3v) is 7.31. The Kier molecular flexibility index (Phi) is 8.09. The van der Waals surface area contributed by atoms with Crippen molar-refractivity contribution in [2.24, 2.45) is 4.99 Å². The van der Waals surface area contributed by atoms with Gasteiger partial charge in [0.05, 0.1) is 37.6 Å². The molecule has 3 heterocycles. The third-order valence-electron chi connectivity index (χ3n) is 7.31. The largest absolute Gasteiger partial charge is 0.493 e. The van der Waals surface area contributed by atoms with Gasteiger partial charge in [0.25, 0.3) is 5.91 Å². The molecule has 0 atom stereocenters. The van der Waals surface area contributed by atoms with Gasteiger partial charge in [-0.05, 0) is 69.4 Å². The Morgan fingerprint density at radius 1 is 1.12 bits per heavy atom. The maximum atomic E-state index is 14.1. The lowest BCUT2D eigenvalue weighted by molar-refractivity contribution is 0.0947. The molecule has 0 unspecified atom stereocenters. The fourth-order valence-electron chi connectivity index (χ4n) is 5.49. The highest BCUT2D eigenvalue weighted by atomic mass is 16.5. The Bertz CT molecular complexity index is 1690. The van der Waals surface area contributed by atoms with Gasteiger partial charge in [0, 0.05) is 31.3 Å². The highest BCUT2D eigenvalue weighted by Gasteiger charge is 2.21. The van der Waals surface area contributed by atoms with Gasteiger partial charge in [-0.25, -0.2) is 14.8 Å². The van der Waals surface area contributed by atoms with E-state index in [2.05, 4.69) is 34.3 Å². The minimum absolute atomic E-state index is 0.180. The summed E-state index contributed by atoms with van der Waals surface area (Å²) in [6.45, 7) is 9.63. The SMILES string of the molecule is CCOc1cc2c(cc1OC)-c1cc(=Nc3c(C)cc(C)cc3C)n(CCNC(=O)c3cnc[nH]3)c(=O)n1CCC2. The maximum Gasteiger partial charge on any atom is 0.330 e. The van der Waals surface area contributed by atoms with Crippen LogP contribution in [0, 0.1) is 20.8 Å². The number of nitrogens with one attached hydrogen (secondary N) is 2. The molecule has 214 valence electrons. The van der Waals surface area contributed by atoms with Crippen LogP contribution in [0.1, 0.15) is 46.1 Å². The first kappa shape index (κ1) is 27.9. The van der Waals surface area contributed by atoms with E-state index in [-0.39, 0.29) is 24.7 Å². The van der Waals surface area contributed by atoms with Crippen molar-refractivity contribution in [3.05, 3.63) is 86.8 Å². The molecule has 0 fully saturated rings. The zero-order valence-electron chi connectivity index (χ0n) is 24.2. The molecule has 10 heteroatoms. The van der Waals surface area contributed by atoms with Crippen LogP contribution in [-0.2, 0) is 19.5 Å². The number of amides is 1. The number of aromatic amines is 1. The fourth-order valence-corrected chi connectivity index (χ4v) is 5.49. The maximum absolute atomic E-state index is 14.1. The Labute approximate surface area is 238 Å². The molecule has 1 amide bonds. The molecule has 0 aliphatic carbocycles. The molecule has 4 aromatic rings. The molecule has 10 nitrogen and oxygen atoms in total. The summed E-state index contributed by atoms with van der Waals surface area (Å²) in [5.74, 6) is 1.03. The lowest BCUT2D eigenvalue weighted by Gasteiger charge is -2.18. The monoisotopic (exact) mass is 556 g/mol. The van der Waals surface area contributed by atoms with E-state index in [9.17, 15) is 9.59 Å². The minimum Gasteiger partial charge on any atom is -0.493 e. The molecule has 2 aromatic heterocycles. The van der Waals surface area contributed by atoms with Crippen LogP contribution >= 0.6 is 0 Å². The first-order valence-corrected chi connectivity index (χ1v) is 13.9. The van der Waals surface area contributed by atoms with E-state index in [1.54, 1.807) is 16.2 Å². The second kappa shape index (κ2) is 11.9. The molecule has 0 saturated carbocycles. The number of nitrogens with zero attached hydrogens (tertiary/aromatic N) is 4. The van der Waals surface area contributed by atoms with Crippen molar-refractivity contribution in [1.29, 1.82) is 0 Å². The number of aryl methyl sites for hydroxylation is 4. The average molecular weight is 557 g/mol. The molecule has 0 bridgehead atoms. The molecule has 41 heavy (non-hydrogen) atoms. The zero-order chi connectivity index (χ0) is 29.1. The Morgan fingerprint density at radius 2 is 1.90 bits per heavy atom. The van der Waals surface area contributed by atoms with Crippen LogP contribution in [0.5, 0.6) is 11.5 Å². The van der Waals surface area contributed by atoms with Crippen molar-refractivity contribution in [1.82, 2.24) is 24.4 Å². The lowest BCUT2D eigenvalue weighted by atomic mass is 10.0. The molecule has 2 aromatic carbocycles. The van der Waals surface area contributed by atoms with Crippen molar-refractivity contribution < 1.29 is 14.3 Å². The summed E-state index contributed by atoms with van der Waals surface area (Å²) in [4.78, 5) is 38.4. The second-order valence-corrected chi connectivity index (χ2v) is 10.3. The lowest BCUT2D eigenvalue weighted by Crippen LogP contribution is -2.43. The van der Waals surface area contributed by atoms with E-state index in [0.29, 0.717) is 35.8 Å². The molecule has 1 aliphatic rings. The van der Waals surface area contributed by atoms with Crippen molar-refractivity contribution >= 4 is 11.6 Å². The normalized spacial score (nSPS) is 12.9. The van der Waals surface area contributed by atoms with Crippen molar-refractivity contribution in [2.75, 3.05) is 20.3 Å².